The highest BCUT2D eigenvalue weighted by Gasteiger charge is 2.73. The predicted octanol–water partition coefficient (Wildman–Crippen LogP) is 7.42. The van der Waals surface area contributed by atoms with Gasteiger partial charge in [-0.05, 0) is 33.7 Å². The Bertz CT molecular complexity index is 1250. The summed E-state index contributed by atoms with van der Waals surface area (Å²) in [5.74, 6) is -0.396. The van der Waals surface area contributed by atoms with Crippen LogP contribution in [-0.4, -0.2) is 18.0 Å². The summed E-state index contributed by atoms with van der Waals surface area (Å²) < 4.78 is 87.3. The molecule has 0 saturated heterocycles. The fraction of sp³-hybridized carbons (Fsp3) is 0.250. The first-order chi connectivity index (χ1) is 14.4. The molecule has 5 rings (SSSR count). The second-order valence-electron chi connectivity index (χ2n) is 8.38. The van der Waals surface area contributed by atoms with Crippen molar-refractivity contribution in [1.82, 2.24) is 0 Å². The van der Waals surface area contributed by atoms with Crippen molar-refractivity contribution in [3.05, 3.63) is 71.3 Å². The van der Waals surface area contributed by atoms with Gasteiger partial charge in [0.1, 0.15) is 5.75 Å². The monoisotopic (exact) mass is 434 g/mol. The van der Waals surface area contributed by atoms with Crippen LogP contribution in [0.25, 0.3) is 28.0 Å². The second kappa shape index (κ2) is 5.84. The van der Waals surface area contributed by atoms with Crippen molar-refractivity contribution in [3.8, 4) is 16.9 Å². The van der Waals surface area contributed by atoms with E-state index < -0.39 is 29.1 Å². The molecule has 0 spiro atoms. The first-order valence-corrected chi connectivity index (χ1v) is 9.61. The van der Waals surface area contributed by atoms with Crippen LogP contribution in [0.3, 0.4) is 0 Å². The highest BCUT2D eigenvalue weighted by atomic mass is 19.4. The van der Waals surface area contributed by atoms with Gasteiger partial charge < -0.3 is 4.74 Å². The number of alkyl halides is 6. The molecule has 1 aliphatic heterocycles. The van der Waals surface area contributed by atoms with E-state index in [1.54, 1.807) is 18.2 Å². The first-order valence-electron chi connectivity index (χ1n) is 9.61. The molecule has 0 bridgehead atoms. The zero-order valence-electron chi connectivity index (χ0n) is 16.4. The van der Waals surface area contributed by atoms with Crippen molar-refractivity contribution in [1.29, 1.82) is 0 Å². The zero-order valence-corrected chi connectivity index (χ0v) is 16.4. The van der Waals surface area contributed by atoms with E-state index in [1.807, 2.05) is 38.1 Å². The number of halogens is 6. The van der Waals surface area contributed by atoms with Gasteiger partial charge in [-0.3, -0.25) is 0 Å². The topological polar surface area (TPSA) is 9.23 Å². The third kappa shape index (κ3) is 2.40. The lowest BCUT2D eigenvalue weighted by Gasteiger charge is -2.39. The SMILES string of the molecule is CC1(C)c2ccccc2-c2c1c1c(c3ccccc23)OC(C(F)(F)F)(C(F)(F)F)C=C1. The lowest BCUT2D eigenvalue weighted by Crippen LogP contribution is -2.60. The van der Waals surface area contributed by atoms with E-state index in [2.05, 4.69) is 0 Å². The molecule has 1 heterocycles. The van der Waals surface area contributed by atoms with E-state index in [1.165, 1.54) is 6.07 Å². The third-order valence-electron chi connectivity index (χ3n) is 6.29. The molecule has 3 aromatic rings. The van der Waals surface area contributed by atoms with Crippen molar-refractivity contribution < 1.29 is 31.1 Å². The summed E-state index contributed by atoms with van der Waals surface area (Å²) in [5.41, 5.74) is -1.44. The van der Waals surface area contributed by atoms with E-state index in [4.69, 9.17) is 4.74 Å². The molecule has 1 nitrogen and oxygen atoms in total. The molecule has 0 saturated carbocycles. The van der Waals surface area contributed by atoms with Crippen LogP contribution in [0.4, 0.5) is 26.3 Å². The molecule has 0 aromatic heterocycles. The van der Waals surface area contributed by atoms with Crippen molar-refractivity contribution in [2.45, 2.75) is 37.2 Å². The maximum atomic E-state index is 13.7. The molecular formula is C24H16F6O. The molecule has 0 unspecified atom stereocenters. The van der Waals surface area contributed by atoms with Crippen LogP contribution < -0.4 is 4.74 Å². The molecular weight excluding hydrogens is 418 g/mol. The summed E-state index contributed by atoms with van der Waals surface area (Å²) in [7, 11) is 0. The fourth-order valence-electron chi connectivity index (χ4n) is 4.87. The Kier molecular flexibility index (Phi) is 3.76. The molecule has 0 radical (unpaired) electrons. The van der Waals surface area contributed by atoms with Gasteiger partial charge >= 0.3 is 18.0 Å². The number of ether oxygens (including phenoxy) is 1. The Morgan fingerprint density at radius 1 is 0.774 bits per heavy atom. The fourth-order valence-corrected chi connectivity index (χ4v) is 4.87. The Morgan fingerprint density at radius 2 is 1.35 bits per heavy atom. The maximum Gasteiger partial charge on any atom is 0.441 e. The van der Waals surface area contributed by atoms with Gasteiger partial charge in [0.2, 0.25) is 0 Å². The number of rotatable bonds is 0. The van der Waals surface area contributed by atoms with E-state index in [0.29, 0.717) is 10.9 Å². The molecule has 0 fully saturated rings. The largest absolute Gasteiger partial charge is 0.463 e. The third-order valence-corrected chi connectivity index (χ3v) is 6.29. The van der Waals surface area contributed by atoms with Gasteiger partial charge in [-0.1, -0.05) is 68.5 Å². The molecule has 0 N–H and O–H groups in total. The minimum atomic E-state index is -5.68. The minimum absolute atomic E-state index is 0.101. The van der Waals surface area contributed by atoms with Gasteiger partial charge in [0.25, 0.3) is 0 Å². The smallest absolute Gasteiger partial charge is 0.441 e. The first kappa shape index (κ1) is 20.0. The van der Waals surface area contributed by atoms with Crippen LogP contribution in [-0.2, 0) is 5.41 Å². The number of hydrogen-bond acceptors (Lipinski definition) is 1. The van der Waals surface area contributed by atoms with Crippen LogP contribution in [0.2, 0.25) is 0 Å². The van der Waals surface area contributed by atoms with Crippen molar-refractivity contribution in [2.75, 3.05) is 0 Å². The maximum absolute atomic E-state index is 13.7. The standard InChI is InChI=1S/C24H16F6O/c1-21(2)17-10-6-5-9-15(17)18-13-7-3-4-8-14(13)20-16(19(18)21)11-12-22(31-20,23(25,26)27)24(28,29)30/h3-12H,1-2H3. The van der Waals surface area contributed by atoms with Crippen molar-refractivity contribution >= 4 is 16.8 Å². The normalized spacial score (nSPS) is 18.3. The summed E-state index contributed by atoms with van der Waals surface area (Å²) >= 11 is 0. The summed E-state index contributed by atoms with van der Waals surface area (Å²) in [6, 6.07) is 14.1. The van der Waals surface area contributed by atoms with Gasteiger partial charge in [-0.15, -0.1) is 0 Å². The van der Waals surface area contributed by atoms with Gasteiger partial charge in [-0.25, -0.2) is 0 Å². The van der Waals surface area contributed by atoms with E-state index >= 15 is 0 Å². The Morgan fingerprint density at radius 3 is 2.00 bits per heavy atom. The van der Waals surface area contributed by atoms with Crippen LogP contribution in [0.1, 0.15) is 30.5 Å². The molecule has 1 aliphatic carbocycles. The molecule has 7 heteroatoms. The molecule has 160 valence electrons. The van der Waals surface area contributed by atoms with Gasteiger partial charge in [0, 0.05) is 16.4 Å². The summed E-state index contributed by atoms with van der Waals surface area (Å²) in [4.78, 5) is 0. The number of benzene rings is 3. The molecule has 2 aliphatic rings. The van der Waals surface area contributed by atoms with Crippen molar-refractivity contribution in [3.63, 3.8) is 0 Å². The zero-order chi connectivity index (χ0) is 22.4. The summed E-state index contributed by atoms with van der Waals surface area (Å²) in [6.45, 7) is 3.83. The van der Waals surface area contributed by atoms with Crippen LogP contribution in [0.5, 0.6) is 5.75 Å². The van der Waals surface area contributed by atoms with Crippen LogP contribution in [0.15, 0.2) is 54.6 Å². The van der Waals surface area contributed by atoms with E-state index in [9.17, 15) is 26.3 Å². The highest BCUT2D eigenvalue weighted by Crippen LogP contribution is 2.59. The van der Waals surface area contributed by atoms with Crippen LogP contribution in [0, 0.1) is 0 Å². The van der Waals surface area contributed by atoms with Crippen LogP contribution >= 0.6 is 0 Å². The predicted molar refractivity (Wildman–Crippen MR) is 106 cm³/mol. The van der Waals surface area contributed by atoms with Gasteiger partial charge in [0.05, 0.1) is 0 Å². The Balaban J connectivity index is 1.92. The second-order valence-corrected chi connectivity index (χ2v) is 8.38. The molecule has 0 atom stereocenters. The van der Waals surface area contributed by atoms with E-state index in [0.717, 1.165) is 22.8 Å². The van der Waals surface area contributed by atoms with Crippen molar-refractivity contribution in [2.24, 2.45) is 0 Å². The lowest BCUT2D eigenvalue weighted by atomic mass is 9.78. The molecule has 0 amide bonds. The molecule has 31 heavy (non-hydrogen) atoms. The average Bonchev–Trinajstić information content (AvgIpc) is 2.94. The average molecular weight is 434 g/mol. The Hall–Kier alpha value is -2.96. The van der Waals surface area contributed by atoms with Gasteiger partial charge in [0.15, 0.2) is 0 Å². The summed E-state index contributed by atoms with van der Waals surface area (Å²) in [6.07, 6.45) is -10.3. The molecule has 3 aromatic carbocycles. The number of fused-ring (bicyclic) bond motifs is 8. The van der Waals surface area contributed by atoms with E-state index in [-0.39, 0.29) is 17.0 Å². The Labute approximate surface area is 173 Å². The quantitative estimate of drug-likeness (QED) is 0.335. The summed E-state index contributed by atoms with van der Waals surface area (Å²) in [5, 5.41) is 0.772. The highest BCUT2D eigenvalue weighted by molar-refractivity contribution is 6.08. The van der Waals surface area contributed by atoms with Gasteiger partial charge in [-0.2, -0.15) is 26.3 Å². The minimum Gasteiger partial charge on any atom is -0.463 e. The number of hydrogen-bond donors (Lipinski definition) is 0. The lowest BCUT2D eigenvalue weighted by molar-refractivity contribution is -0.337.